The number of carboxylic acids is 1. The predicted octanol–water partition coefficient (Wildman–Crippen LogP) is -2.30. The van der Waals surface area contributed by atoms with Gasteiger partial charge in [-0.25, -0.2) is 0 Å². The lowest BCUT2D eigenvalue weighted by atomic mass is 10.3. The molecule has 0 saturated carbocycles. The highest BCUT2D eigenvalue weighted by molar-refractivity contribution is 5.88. The minimum absolute atomic E-state index is 0.0800. The summed E-state index contributed by atoms with van der Waals surface area (Å²) in [5.41, 5.74) is 5.15. The fourth-order valence-corrected chi connectivity index (χ4v) is 1.38. The molecular formula is C8H13N3O4. The van der Waals surface area contributed by atoms with Crippen LogP contribution in [-0.2, 0) is 14.4 Å². The van der Waals surface area contributed by atoms with Crippen LogP contribution in [0, 0.1) is 0 Å². The van der Waals surface area contributed by atoms with Crippen molar-refractivity contribution in [2.75, 3.05) is 32.7 Å². The van der Waals surface area contributed by atoms with Crippen LogP contribution in [0.2, 0.25) is 0 Å². The minimum atomic E-state index is -1.05. The largest absolute Gasteiger partial charge is 0.480 e. The number of piperazine rings is 1. The van der Waals surface area contributed by atoms with E-state index in [1.165, 1.54) is 9.80 Å². The number of amides is 2. The van der Waals surface area contributed by atoms with Crippen molar-refractivity contribution in [1.29, 1.82) is 0 Å². The molecule has 0 radical (unpaired) electrons. The maximum Gasteiger partial charge on any atom is 0.323 e. The topological polar surface area (TPSA) is 104 Å². The van der Waals surface area contributed by atoms with E-state index in [1.807, 2.05) is 0 Å². The first kappa shape index (κ1) is 11.4. The highest BCUT2D eigenvalue weighted by Crippen LogP contribution is 2.02. The first-order valence-electron chi connectivity index (χ1n) is 4.52. The second kappa shape index (κ2) is 4.74. The van der Waals surface area contributed by atoms with Crippen molar-refractivity contribution in [3.05, 3.63) is 0 Å². The first-order chi connectivity index (χ1) is 7.04. The van der Waals surface area contributed by atoms with Crippen molar-refractivity contribution >= 4 is 17.8 Å². The molecule has 0 bridgehead atoms. The summed E-state index contributed by atoms with van der Waals surface area (Å²) in [4.78, 5) is 35.5. The second-order valence-electron chi connectivity index (χ2n) is 3.23. The summed E-state index contributed by atoms with van der Waals surface area (Å²) in [7, 11) is 0. The van der Waals surface area contributed by atoms with Crippen LogP contribution in [0.15, 0.2) is 0 Å². The summed E-state index contributed by atoms with van der Waals surface area (Å²) in [5, 5.41) is 8.51. The van der Waals surface area contributed by atoms with E-state index in [2.05, 4.69) is 0 Å². The van der Waals surface area contributed by atoms with Crippen LogP contribution in [0.1, 0.15) is 0 Å². The van der Waals surface area contributed by atoms with Crippen LogP contribution in [0.5, 0.6) is 0 Å². The summed E-state index contributed by atoms with van der Waals surface area (Å²) in [5.74, 6) is -1.70. The van der Waals surface area contributed by atoms with Gasteiger partial charge < -0.3 is 20.6 Å². The smallest absolute Gasteiger partial charge is 0.323 e. The van der Waals surface area contributed by atoms with E-state index in [9.17, 15) is 14.4 Å². The number of carbonyl (C=O) groups is 3. The Labute approximate surface area is 86.4 Å². The number of aliphatic carboxylic acids is 1. The monoisotopic (exact) mass is 215 g/mol. The van der Waals surface area contributed by atoms with Gasteiger partial charge in [0.15, 0.2) is 0 Å². The average molecular weight is 215 g/mol. The zero-order valence-electron chi connectivity index (χ0n) is 8.18. The van der Waals surface area contributed by atoms with E-state index in [1.54, 1.807) is 0 Å². The van der Waals surface area contributed by atoms with Gasteiger partial charge in [-0.2, -0.15) is 0 Å². The molecule has 0 aromatic rings. The quantitative estimate of drug-likeness (QED) is 0.551. The third kappa shape index (κ3) is 2.91. The van der Waals surface area contributed by atoms with Crippen LogP contribution >= 0.6 is 0 Å². The van der Waals surface area contributed by atoms with Crippen molar-refractivity contribution in [3.63, 3.8) is 0 Å². The highest BCUT2D eigenvalue weighted by atomic mass is 16.4. The SMILES string of the molecule is NCC(=O)N1CCN(CC(=O)O)C(=O)C1. The van der Waals surface area contributed by atoms with Gasteiger partial charge in [0.05, 0.1) is 13.1 Å². The molecule has 0 atom stereocenters. The summed E-state index contributed by atoms with van der Waals surface area (Å²) >= 11 is 0. The number of carbonyl (C=O) groups excluding carboxylic acids is 2. The molecule has 7 nitrogen and oxygen atoms in total. The first-order valence-corrected chi connectivity index (χ1v) is 4.52. The maximum absolute atomic E-state index is 11.4. The zero-order chi connectivity index (χ0) is 11.4. The Hall–Kier alpha value is -1.63. The Bertz CT molecular complexity index is 292. The third-order valence-electron chi connectivity index (χ3n) is 2.17. The van der Waals surface area contributed by atoms with Gasteiger partial charge >= 0.3 is 5.97 Å². The van der Waals surface area contributed by atoms with Crippen molar-refractivity contribution in [3.8, 4) is 0 Å². The maximum atomic E-state index is 11.4. The normalized spacial score (nSPS) is 16.7. The van der Waals surface area contributed by atoms with Crippen molar-refractivity contribution < 1.29 is 19.5 Å². The van der Waals surface area contributed by atoms with Crippen molar-refractivity contribution in [1.82, 2.24) is 9.80 Å². The van der Waals surface area contributed by atoms with Gasteiger partial charge in [-0.3, -0.25) is 14.4 Å². The fraction of sp³-hybridized carbons (Fsp3) is 0.625. The Kier molecular flexibility index (Phi) is 3.62. The third-order valence-corrected chi connectivity index (χ3v) is 2.17. The molecule has 1 rings (SSSR count). The molecule has 0 unspecified atom stereocenters. The Morgan fingerprint density at radius 2 is 2.07 bits per heavy atom. The molecule has 7 heteroatoms. The van der Waals surface area contributed by atoms with Gasteiger partial charge in [0.1, 0.15) is 6.54 Å². The average Bonchev–Trinajstić information content (AvgIpc) is 2.19. The number of nitrogens with zero attached hydrogens (tertiary/aromatic N) is 2. The number of hydrogen-bond donors (Lipinski definition) is 2. The Morgan fingerprint density at radius 3 is 2.53 bits per heavy atom. The second-order valence-corrected chi connectivity index (χ2v) is 3.23. The molecular weight excluding hydrogens is 202 g/mol. The molecule has 0 aromatic carbocycles. The minimum Gasteiger partial charge on any atom is -0.480 e. The molecule has 1 heterocycles. The summed E-state index contributed by atoms with van der Waals surface area (Å²) in [6, 6.07) is 0. The van der Waals surface area contributed by atoms with Gasteiger partial charge in [0.2, 0.25) is 11.8 Å². The van der Waals surface area contributed by atoms with Crippen LogP contribution in [0.3, 0.4) is 0 Å². The number of nitrogens with two attached hydrogens (primary N) is 1. The van der Waals surface area contributed by atoms with E-state index < -0.39 is 5.97 Å². The van der Waals surface area contributed by atoms with Gasteiger partial charge in [0, 0.05) is 13.1 Å². The Balaban J connectivity index is 2.51. The van der Waals surface area contributed by atoms with Gasteiger partial charge in [-0.05, 0) is 0 Å². The highest BCUT2D eigenvalue weighted by Gasteiger charge is 2.27. The van der Waals surface area contributed by atoms with Crippen LogP contribution in [0.4, 0.5) is 0 Å². The molecule has 15 heavy (non-hydrogen) atoms. The Morgan fingerprint density at radius 1 is 1.40 bits per heavy atom. The summed E-state index contributed by atoms with van der Waals surface area (Å²) in [6.07, 6.45) is 0. The molecule has 1 aliphatic rings. The van der Waals surface area contributed by atoms with Crippen molar-refractivity contribution in [2.24, 2.45) is 5.73 Å². The van der Waals surface area contributed by atoms with E-state index in [-0.39, 0.29) is 38.0 Å². The number of rotatable bonds is 3. The molecule has 2 amide bonds. The molecule has 0 aliphatic carbocycles. The molecule has 1 aliphatic heterocycles. The molecule has 84 valence electrons. The van der Waals surface area contributed by atoms with Crippen LogP contribution < -0.4 is 5.73 Å². The summed E-state index contributed by atoms with van der Waals surface area (Å²) in [6.45, 7) is 0.0605. The van der Waals surface area contributed by atoms with Gasteiger partial charge in [-0.1, -0.05) is 0 Å². The van der Waals surface area contributed by atoms with E-state index >= 15 is 0 Å². The van der Waals surface area contributed by atoms with Crippen LogP contribution in [0.25, 0.3) is 0 Å². The molecule has 0 spiro atoms. The molecule has 1 fully saturated rings. The predicted molar refractivity (Wildman–Crippen MR) is 49.9 cm³/mol. The standard InChI is InChI=1S/C8H13N3O4/c9-3-6(12)10-1-2-11(5-8(14)15)7(13)4-10/h1-5,9H2,(H,14,15). The van der Waals surface area contributed by atoms with Gasteiger partial charge in [-0.15, -0.1) is 0 Å². The molecule has 3 N–H and O–H groups in total. The van der Waals surface area contributed by atoms with E-state index in [0.29, 0.717) is 6.54 Å². The fourth-order valence-electron chi connectivity index (χ4n) is 1.38. The van der Waals surface area contributed by atoms with Gasteiger partial charge in [0.25, 0.3) is 0 Å². The number of hydrogen-bond acceptors (Lipinski definition) is 4. The molecule has 1 saturated heterocycles. The van der Waals surface area contributed by atoms with E-state index in [4.69, 9.17) is 10.8 Å². The lowest BCUT2D eigenvalue weighted by molar-refractivity contribution is -0.150. The summed E-state index contributed by atoms with van der Waals surface area (Å²) < 4.78 is 0. The van der Waals surface area contributed by atoms with Crippen LogP contribution in [-0.4, -0.2) is 65.4 Å². The molecule has 0 aromatic heterocycles. The van der Waals surface area contributed by atoms with Crippen molar-refractivity contribution in [2.45, 2.75) is 0 Å². The lowest BCUT2D eigenvalue weighted by Crippen LogP contribution is -2.54. The zero-order valence-corrected chi connectivity index (χ0v) is 8.18. The lowest BCUT2D eigenvalue weighted by Gasteiger charge is -2.33. The number of carboxylic acid groups (broad SMARTS) is 1. The van der Waals surface area contributed by atoms with E-state index in [0.717, 1.165) is 0 Å².